The summed E-state index contributed by atoms with van der Waals surface area (Å²) in [7, 11) is 1.69. The van der Waals surface area contributed by atoms with Crippen molar-refractivity contribution in [2.75, 3.05) is 56.2 Å². The first kappa shape index (κ1) is 27.8. The van der Waals surface area contributed by atoms with Gasteiger partial charge in [0.2, 0.25) is 5.95 Å². The van der Waals surface area contributed by atoms with E-state index in [9.17, 15) is 0 Å². The number of pyridine rings is 1. The van der Waals surface area contributed by atoms with Gasteiger partial charge in [-0.05, 0) is 36.8 Å². The third-order valence-electron chi connectivity index (χ3n) is 6.47. The molecule has 1 fully saturated rings. The molecule has 0 aliphatic carbocycles. The summed E-state index contributed by atoms with van der Waals surface area (Å²) < 4.78 is 11.2. The molecule has 194 valence electrons. The highest BCUT2D eigenvalue weighted by Gasteiger charge is 2.23. The highest BCUT2D eigenvalue weighted by molar-refractivity contribution is 5.85. The SMILES string of the molecule is CCOc1ccc(CN2CCc3nc(N4CCN(c5ccccn5)CC4)ncc3C2)cc1OC.Cl.Cl. The fourth-order valence-corrected chi connectivity index (χ4v) is 4.67. The average Bonchev–Trinajstić information content (AvgIpc) is 2.90. The predicted octanol–water partition coefficient (Wildman–Crippen LogP) is 4.01. The number of hydrogen-bond acceptors (Lipinski definition) is 8. The van der Waals surface area contributed by atoms with E-state index in [-0.39, 0.29) is 24.8 Å². The van der Waals surface area contributed by atoms with E-state index in [1.54, 1.807) is 7.11 Å². The zero-order valence-corrected chi connectivity index (χ0v) is 22.4. The van der Waals surface area contributed by atoms with Crippen LogP contribution in [0.2, 0.25) is 0 Å². The monoisotopic (exact) mass is 532 g/mol. The maximum atomic E-state index is 5.64. The van der Waals surface area contributed by atoms with Crippen molar-refractivity contribution in [3.63, 3.8) is 0 Å². The fraction of sp³-hybridized carbons (Fsp3) is 0.423. The lowest BCUT2D eigenvalue weighted by molar-refractivity contribution is 0.242. The first-order chi connectivity index (χ1) is 16.7. The molecule has 0 bridgehead atoms. The molecule has 0 radical (unpaired) electrons. The minimum Gasteiger partial charge on any atom is -0.493 e. The summed E-state index contributed by atoms with van der Waals surface area (Å²) in [5.74, 6) is 3.47. The molecule has 2 aromatic heterocycles. The molecule has 0 N–H and O–H groups in total. The third kappa shape index (κ3) is 6.30. The van der Waals surface area contributed by atoms with Gasteiger partial charge in [0, 0.05) is 70.2 Å². The number of rotatable bonds is 7. The maximum absolute atomic E-state index is 5.64. The van der Waals surface area contributed by atoms with Crippen molar-refractivity contribution < 1.29 is 9.47 Å². The zero-order chi connectivity index (χ0) is 23.3. The van der Waals surface area contributed by atoms with E-state index in [2.05, 4.69) is 37.9 Å². The summed E-state index contributed by atoms with van der Waals surface area (Å²) in [5.41, 5.74) is 3.62. The Kier molecular flexibility index (Phi) is 9.98. The highest BCUT2D eigenvalue weighted by Crippen LogP contribution is 2.29. The molecule has 1 saturated heterocycles. The summed E-state index contributed by atoms with van der Waals surface area (Å²) in [6, 6.07) is 12.3. The molecule has 0 saturated carbocycles. The van der Waals surface area contributed by atoms with E-state index in [1.165, 1.54) is 16.8 Å². The van der Waals surface area contributed by atoms with E-state index in [0.29, 0.717) is 6.61 Å². The van der Waals surface area contributed by atoms with Crippen molar-refractivity contribution in [2.45, 2.75) is 26.4 Å². The first-order valence-corrected chi connectivity index (χ1v) is 12.0. The second kappa shape index (κ2) is 12.9. The molecule has 0 unspecified atom stereocenters. The van der Waals surface area contributed by atoms with Gasteiger partial charge in [0.05, 0.1) is 19.4 Å². The zero-order valence-electron chi connectivity index (χ0n) is 20.8. The molecule has 3 aromatic rings. The van der Waals surface area contributed by atoms with Crippen molar-refractivity contribution in [3.8, 4) is 11.5 Å². The molecular formula is C26H34Cl2N6O2. The molecule has 8 nitrogen and oxygen atoms in total. The lowest BCUT2D eigenvalue weighted by Crippen LogP contribution is -2.47. The van der Waals surface area contributed by atoms with Crippen molar-refractivity contribution in [2.24, 2.45) is 0 Å². The van der Waals surface area contributed by atoms with Crippen LogP contribution >= 0.6 is 24.8 Å². The molecule has 2 aliphatic heterocycles. The first-order valence-electron chi connectivity index (χ1n) is 12.0. The molecule has 10 heteroatoms. The van der Waals surface area contributed by atoms with E-state index in [4.69, 9.17) is 19.4 Å². The number of fused-ring (bicyclic) bond motifs is 1. The number of anilines is 2. The van der Waals surface area contributed by atoms with E-state index < -0.39 is 0 Å². The van der Waals surface area contributed by atoms with Crippen LogP contribution < -0.4 is 19.3 Å². The van der Waals surface area contributed by atoms with Crippen molar-refractivity contribution in [3.05, 3.63) is 65.6 Å². The van der Waals surface area contributed by atoms with Gasteiger partial charge in [-0.15, -0.1) is 24.8 Å². The van der Waals surface area contributed by atoms with Gasteiger partial charge < -0.3 is 19.3 Å². The minimum absolute atomic E-state index is 0. The van der Waals surface area contributed by atoms with Crippen LogP contribution in [0.3, 0.4) is 0 Å². The molecule has 5 rings (SSSR count). The number of halogens is 2. The Labute approximate surface area is 225 Å². The second-order valence-corrected chi connectivity index (χ2v) is 8.68. The van der Waals surface area contributed by atoms with E-state index in [1.807, 2.05) is 37.5 Å². The lowest BCUT2D eigenvalue weighted by Gasteiger charge is -2.36. The molecule has 0 spiro atoms. The Morgan fingerprint density at radius 3 is 2.44 bits per heavy atom. The van der Waals surface area contributed by atoms with Gasteiger partial charge in [-0.25, -0.2) is 15.0 Å². The maximum Gasteiger partial charge on any atom is 0.225 e. The quantitative estimate of drug-likeness (QED) is 0.452. The lowest BCUT2D eigenvalue weighted by atomic mass is 10.1. The summed E-state index contributed by atoms with van der Waals surface area (Å²) in [6.07, 6.45) is 4.81. The number of nitrogens with zero attached hydrogens (tertiary/aromatic N) is 6. The Hall–Kier alpha value is -2.81. The largest absolute Gasteiger partial charge is 0.493 e. The topological polar surface area (TPSA) is 66.9 Å². The van der Waals surface area contributed by atoms with Crippen molar-refractivity contribution >= 4 is 36.6 Å². The number of aromatic nitrogens is 3. The van der Waals surface area contributed by atoms with Gasteiger partial charge in [0.15, 0.2) is 11.5 Å². The van der Waals surface area contributed by atoms with Crippen LogP contribution in [0.15, 0.2) is 48.8 Å². The van der Waals surface area contributed by atoms with Crippen LogP contribution in [0.5, 0.6) is 11.5 Å². The molecular weight excluding hydrogens is 499 g/mol. The van der Waals surface area contributed by atoms with Crippen LogP contribution in [-0.4, -0.2) is 66.3 Å². The fourth-order valence-electron chi connectivity index (χ4n) is 4.67. The van der Waals surface area contributed by atoms with Crippen LogP contribution in [0, 0.1) is 0 Å². The Bertz CT molecular complexity index is 1110. The summed E-state index contributed by atoms with van der Waals surface area (Å²) in [5, 5.41) is 0. The summed E-state index contributed by atoms with van der Waals surface area (Å²) in [6.45, 7) is 8.97. The Balaban J connectivity index is 0.00000180. The van der Waals surface area contributed by atoms with E-state index >= 15 is 0 Å². The number of hydrogen-bond donors (Lipinski definition) is 0. The Morgan fingerprint density at radius 1 is 0.917 bits per heavy atom. The van der Waals surface area contributed by atoms with Crippen molar-refractivity contribution in [1.29, 1.82) is 0 Å². The molecule has 0 atom stereocenters. The van der Waals surface area contributed by atoms with Gasteiger partial charge in [-0.2, -0.15) is 0 Å². The Morgan fingerprint density at radius 2 is 1.72 bits per heavy atom. The average molecular weight is 534 g/mol. The predicted molar refractivity (Wildman–Crippen MR) is 147 cm³/mol. The van der Waals surface area contributed by atoms with Gasteiger partial charge in [0.1, 0.15) is 5.82 Å². The number of benzene rings is 1. The van der Waals surface area contributed by atoms with Crippen LogP contribution in [-0.2, 0) is 19.5 Å². The normalized spacial score (nSPS) is 15.4. The molecule has 0 amide bonds. The van der Waals surface area contributed by atoms with Crippen molar-refractivity contribution in [1.82, 2.24) is 19.9 Å². The third-order valence-corrected chi connectivity index (χ3v) is 6.47. The van der Waals surface area contributed by atoms with Gasteiger partial charge >= 0.3 is 0 Å². The van der Waals surface area contributed by atoms with Crippen LogP contribution in [0.1, 0.15) is 23.7 Å². The number of ether oxygens (including phenoxy) is 2. The summed E-state index contributed by atoms with van der Waals surface area (Å²) in [4.78, 5) is 21.2. The van der Waals surface area contributed by atoms with Gasteiger partial charge in [-0.3, -0.25) is 4.90 Å². The summed E-state index contributed by atoms with van der Waals surface area (Å²) >= 11 is 0. The molecule has 1 aromatic carbocycles. The van der Waals surface area contributed by atoms with Gasteiger partial charge in [0.25, 0.3) is 0 Å². The van der Waals surface area contributed by atoms with E-state index in [0.717, 1.165) is 75.5 Å². The standard InChI is InChI=1S/C26H32N6O2.2ClH/c1-3-34-23-8-7-20(16-24(23)33-2)18-30-11-9-22-21(19-30)17-28-26(29-22)32-14-12-31(13-15-32)25-6-4-5-10-27-25;;/h4-8,10,16-17H,3,9,11-15,18-19H2,1-2H3;2*1H. The van der Waals surface area contributed by atoms with Crippen LogP contribution in [0.4, 0.5) is 11.8 Å². The van der Waals surface area contributed by atoms with Gasteiger partial charge in [-0.1, -0.05) is 12.1 Å². The molecule has 2 aliphatic rings. The highest BCUT2D eigenvalue weighted by atomic mass is 35.5. The smallest absolute Gasteiger partial charge is 0.225 e. The minimum atomic E-state index is 0. The molecule has 36 heavy (non-hydrogen) atoms. The van der Waals surface area contributed by atoms with Crippen LogP contribution in [0.25, 0.3) is 0 Å². The number of piperazine rings is 1. The number of methoxy groups -OCH3 is 1. The second-order valence-electron chi connectivity index (χ2n) is 8.68. The molecule has 4 heterocycles.